The van der Waals surface area contributed by atoms with Crippen LogP contribution >= 0.6 is 0 Å². The molecule has 0 aromatic heterocycles. The van der Waals surface area contributed by atoms with Crippen LogP contribution in [0, 0.1) is 0 Å². The maximum absolute atomic E-state index is 11.5. The van der Waals surface area contributed by atoms with Crippen molar-refractivity contribution in [3.63, 3.8) is 0 Å². The fourth-order valence-corrected chi connectivity index (χ4v) is 3.18. The summed E-state index contributed by atoms with van der Waals surface area (Å²) in [6.45, 7) is 6.56. The highest BCUT2D eigenvalue weighted by molar-refractivity contribution is 7.85. The van der Waals surface area contributed by atoms with E-state index in [0.717, 1.165) is 20.8 Å². The zero-order valence-corrected chi connectivity index (χ0v) is 15.8. The lowest BCUT2D eigenvalue weighted by atomic mass is 9.98. The molecule has 5 atom stereocenters. The first-order valence-electron chi connectivity index (χ1n) is 7.79. The predicted molar refractivity (Wildman–Crippen MR) is 87.9 cm³/mol. The Morgan fingerprint density at radius 1 is 1.00 bits per heavy atom. The van der Waals surface area contributed by atoms with Gasteiger partial charge in [0.15, 0.2) is 24.6 Å². The molecule has 1 rings (SSSR count). The molecule has 0 unspecified atom stereocenters. The van der Waals surface area contributed by atoms with Gasteiger partial charge in [-0.25, -0.2) is 0 Å². The summed E-state index contributed by atoms with van der Waals surface area (Å²) in [5.41, 5.74) is 0. The molecule has 1 N–H and O–H groups in total. The monoisotopic (exact) mass is 410 g/mol. The lowest BCUT2D eigenvalue weighted by Gasteiger charge is -2.43. The van der Waals surface area contributed by atoms with Gasteiger partial charge in [0, 0.05) is 20.8 Å². The van der Waals surface area contributed by atoms with Crippen molar-refractivity contribution in [2.75, 3.05) is 12.4 Å². The molecular formula is C15H22O11S. The molecule has 0 radical (unpaired) electrons. The molecule has 1 fully saturated rings. The molecular weight excluding hydrogens is 388 g/mol. The summed E-state index contributed by atoms with van der Waals surface area (Å²) in [7, 11) is -4.57. The summed E-state index contributed by atoms with van der Waals surface area (Å²) in [5.74, 6) is -3.41. The molecule has 0 amide bonds. The van der Waals surface area contributed by atoms with Gasteiger partial charge in [0.25, 0.3) is 10.1 Å². The van der Waals surface area contributed by atoms with Crippen LogP contribution in [0.4, 0.5) is 0 Å². The Labute approximate surface area is 156 Å². The lowest BCUT2D eigenvalue weighted by molar-refractivity contribution is -0.297. The van der Waals surface area contributed by atoms with E-state index in [1.807, 2.05) is 0 Å². The topological polar surface area (TPSA) is 152 Å². The lowest BCUT2D eigenvalue weighted by Crippen LogP contribution is -2.63. The number of carbonyl (C=O) groups excluding carboxylic acids is 3. The first-order chi connectivity index (χ1) is 12.4. The smallest absolute Gasteiger partial charge is 0.303 e. The summed E-state index contributed by atoms with van der Waals surface area (Å²) in [5, 5.41) is 0. The van der Waals surface area contributed by atoms with E-state index in [9.17, 15) is 22.8 Å². The van der Waals surface area contributed by atoms with Crippen molar-refractivity contribution in [2.24, 2.45) is 0 Å². The Bertz CT molecular complexity index is 671. The standard InChI is InChI=1S/C15H22O11S/c1-5-6-22-15-14(25-10(4)18)13(24-9(3)17)12(23-8(2)16)11(26-15)7-27(19,20)21/h5,11-15H,1,6-7H2,2-4H3,(H,19,20,21)/t11-,12-,13+,14+,15-/m0/s1. The van der Waals surface area contributed by atoms with Gasteiger partial charge in [-0.15, -0.1) is 6.58 Å². The summed E-state index contributed by atoms with van der Waals surface area (Å²) in [4.78, 5) is 34.4. The van der Waals surface area contributed by atoms with Crippen molar-refractivity contribution in [3.05, 3.63) is 12.7 Å². The van der Waals surface area contributed by atoms with Crippen molar-refractivity contribution >= 4 is 28.0 Å². The average Bonchev–Trinajstić information content (AvgIpc) is 2.48. The Morgan fingerprint density at radius 3 is 1.93 bits per heavy atom. The number of ether oxygens (including phenoxy) is 5. The summed E-state index contributed by atoms with van der Waals surface area (Å²) in [6.07, 6.45) is -5.78. The molecule has 11 nitrogen and oxygen atoms in total. The highest BCUT2D eigenvalue weighted by atomic mass is 32.2. The Kier molecular flexibility index (Phi) is 8.34. The van der Waals surface area contributed by atoms with Crippen LogP contribution in [0.3, 0.4) is 0 Å². The molecule has 12 heteroatoms. The van der Waals surface area contributed by atoms with E-state index in [1.54, 1.807) is 0 Å². The predicted octanol–water partition coefficient (Wildman–Crippen LogP) is -0.403. The van der Waals surface area contributed by atoms with Gasteiger partial charge in [0.2, 0.25) is 0 Å². The van der Waals surface area contributed by atoms with E-state index in [0.29, 0.717) is 0 Å². The van der Waals surface area contributed by atoms with Gasteiger partial charge < -0.3 is 23.7 Å². The van der Waals surface area contributed by atoms with Crippen LogP contribution < -0.4 is 0 Å². The van der Waals surface area contributed by atoms with E-state index in [2.05, 4.69) is 6.58 Å². The van der Waals surface area contributed by atoms with Gasteiger partial charge in [-0.1, -0.05) is 6.08 Å². The number of esters is 3. The van der Waals surface area contributed by atoms with Gasteiger partial charge in [-0.05, 0) is 0 Å². The van der Waals surface area contributed by atoms with Gasteiger partial charge in [-0.3, -0.25) is 18.9 Å². The minimum Gasteiger partial charge on any atom is -0.456 e. The largest absolute Gasteiger partial charge is 0.456 e. The molecule has 1 aliphatic heterocycles. The first kappa shape index (κ1) is 23.0. The second-order valence-corrected chi connectivity index (χ2v) is 7.13. The van der Waals surface area contributed by atoms with Crippen molar-refractivity contribution in [1.82, 2.24) is 0 Å². The maximum atomic E-state index is 11.5. The molecule has 0 spiro atoms. The van der Waals surface area contributed by atoms with Crippen molar-refractivity contribution in [1.29, 1.82) is 0 Å². The Morgan fingerprint density at radius 2 is 1.48 bits per heavy atom. The summed E-state index contributed by atoms with van der Waals surface area (Å²) >= 11 is 0. The van der Waals surface area contributed by atoms with Crippen LogP contribution in [0.1, 0.15) is 20.8 Å². The van der Waals surface area contributed by atoms with Crippen molar-refractivity contribution in [2.45, 2.75) is 51.5 Å². The third-order valence-corrected chi connectivity index (χ3v) is 4.00. The zero-order valence-electron chi connectivity index (χ0n) is 15.0. The minimum absolute atomic E-state index is 0.0773. The summed E-state index contributed by atoms with van der Waals surface area (Å²) < 4.78 is 57.9. The van der Waals surface area contributed by atoms with Crippen LogP contribution in [0.15, 0.2) is 12.7 Å². The number of hydrogen-bond donors (Lipinski definition) is 1. The molecule has 27 heavy (non-hydrogen) atoms. The van der Waals surface area contributed by atoms with Crippen molar-refractivity contribution < 1.29 is 51.0 Å². The Hall–Kier alpha value is -2.02. The third-order valence-electron chi connectivity index (χ3n) is 3.25. The normalized spacial score (nSPS) is 28.1. The molecule has 0 aromatic carbocycles. The number of carbonyl (C=O) groups is 3. The first-order valence-corrected chi connectivity index (χ1v) is 9.40. The number of hydrogen-bond acceptors (Lipinski definition) is 10. The molecule has 1 aliphatic rings. The maximum Gasteiger partial charge on any atom is 0.303 e. The Balaban J connectivity index is 3.35. The van der Waals surface area contributed by atoms with Gasteiger partial charge in [0.1, 0.15) is 11.9 Å². The second-order valence-electron chi connectivity index (χ2n) is 5.64. The molecule has 1 saturated heterocycles. The van der Waals surface area contributed by atoms with Crippen LogP contribution in [0.2, 0.25) is 0 Å². The minimum atomic E-state index is -4.57. The van der Waals surface area contributed by atoms with Gasteiger partial charge >= 0.3 is 17.9 Å². The van der Waals surface area contributed by atoms with Gasteiger partial charge in [-0.2, -0.15) is 8.42 Å². The van der Waals surface area contributed by atoms with E-state index >= 15 is 0 Å². The van der Waals surface area contributed by atoms with Crippen LogP contribution in [0.5, 0.6) is 0 Å². The van der Waals surface area contributed by atoms with Crippen molar-refractivity contribution in [3.8, 4) is 0 Å². The number of rotatable bonds is 8. The fourth-order valence-electron chi connectivity index (χ4n) is 2.49. The molecule has 1 heterocycles. The van der Waals surface area contributed by atoms with E-state index in [1.165, 1.54) is 6.08 Å². The van der Waals surface area contributed by atoms with E-state index < -0.39 is 64.5 Å². The fraction of sp³-hybridized carbons (Fsp3) is 0.667. The van der Waals surface area contributed by atoms with Gasteiger partial charge in [0.05, 0.1) is 6.61 Å². The third kappa shape index (κ3) is 7.62. The van der Waals surface area contributed by atoms with Crippen LogP contribution in [0.25, 0.3) is 0 Å². The second kappa shape index (κ2) is 9.78. The van der Waals surface area contributed by atoms with E-state index in [-0.39, 0.29) is 6.61 Å². The SMILES string of the molecule is C=CCO[C@H]1O[C@@H](CS(=O)(=O)O)[C@H](OC(C)=O)[C@@H](OC(C)=O)[C@H]1OC(C)=O. The molecule has 0 aromatic rings. The quantitative estimate of drug-likeness (QED) is 0.241. The van der Waals surface area contributed by atoms with Crippen LogP contribution in [-0.2, 0) is 48.2 Å². The average molecular weight is 410 g/mol. The molecule has 0 saturated carbocycles. The van der Waals surface area contributed by atoms with E-state index in [4.69, 9.17) is 28.2 Å². The molecule has 0 bridgehead atoms. The summed E-state index contributed by atoms with van der Waals surface area (Å²) in [6, 6.07) is 0. The molecule has 154 valence electrons. The highest BCUT2D eigenvalue weighted by Gasteiger charge is 2.53. The molecule has 0 aliphatic carbocycles. The zero-order chi connectivity index (χ0) is 20.8. The van der Waals surface area contributed by atoms with Crippen LogP contribution in [-0.4, -0.2) is 73.9 Å². The highest BCUT2D eigenvalue weighted by Crippen LogP contribution is 2.30.